The molecule has 0 amide bonds. The van der Waals surface area contributed by atoms with Crippen LogP contribution in [0.15, 0.2) is 249 Å². The van der Waals surface area contributed by atoms with Crippen molar-refractivity contribution in [1.29, 1.82) is 0 Å². The first-order chi connectivity index (χ1) is 34.7. The number of hydrogen-bond acceptors (Lipinski definition) is 3. The normalized spacial score (nSPS) is 14.5. The third-order valence-corrected chi connectivity index (χ3v) is 16.3. The summed E-state index contributed by atoms with van der Waals surface area (Å²) in [6, 6.07) is 92.1. The summed E-state index contributed by atoms with van der Waals surface area (Å²) in [5.74, 6) is 1.64. The maximum Gasteiger partial charge on any atom is 0.159 e. The van der Waals surface area contributed by atoms with Crippen LogP contribution in [0, 0.1) is 0 Å². The molecule has 15 rings (SSSR count). The summed E-state index contributed by atoms with van der Waals surface area (Å²) in [5, 5.41) is 2.60. The Kier molecular flexibility index (Phi) is 8.48. The van der Waals surface area contributed by atoms with E-state index in [9.17, 15) is 0 Å². The third kappa shape index (κ3) is 5.49. The first kappa shape index (κ1) is 39.3. The van der Waals surface area contributed by atoms with Crippen LogP contribution in [-0.4, -0.2) is 0 Å². The molecule has 1 aliphatic heterocycles. The van der Waals surface area contributed by atoms with E-state index in [0.29, 0.717) is 0 Å². The molecule has 0 fully saturated rings. The van der Waals surface area contributed by atoms with Crippen molar-refractivity contribution in [3.05, 3.63) is 271 Å². The average molecular weight is 908 g/mol. The lowest BCUT2D eigenvalue weighted by atomic mass is 9.65. The number of para-hydroxylation sites is 3. The van der Waals surface area contributed by atoms with Gasteiger partial charge in [-0.05, 0) is 121 Å². The molecule has 3 heteroatoms. The molecule has 12 aromatic rings. The Morgan fingerprint density at radius 2 is 0.843 bits per heavy atom. The zero-order chi connectivity index (χ0) is 45.9. The van der Waals surface area contributed by atoms with Crippen LogP contribution in [0.2, 0.25) is 0 Å². The van der Waals surface area contributed by atoms with Crippen molar-refractivity contribution in [3.8, 4) is 78.3 Å². The van der Waals surface area contributed by atoms with Gasteiger partial charge in [-0.3, -0.25) is 0 Å². The van der Waals surface area contributed by atoms with E-state index < -0.39 is 5.41 Å². The van der Waals surface area contributed by atoms with Crippen LogP contribution in [0.4, 0.5) is 17.1 Å². The van der Waals surface area contributed by atoms with Gasteiger partial charge < -0.3 is 9.64 Å². The molecule has 0 N–H and O–H groups in total. The molecule has 1 aromatic heterocycles. The van der Waals surface area contributed by atoms with Crippen molar-refractivity contribution in [3.63, 3.8) is 0 Å². The van der Waals surface area contributed by atoms with Gasteiger partial charge in [-0.1, -0.05) is 200 Å². The van der Waals surface area contributed by atoms with Crippen molar-refractivity contribution >= 4 is 48.6 Å². The Morgan fingerprint density at radius 1 is 0.314 bits per heavy atom. The number of hydrogen-bond donors (Lipinski definition) is 0. The van der Waals surface area contributed by atoms with Crippen molar-refractivity contribution in [2.75, 3.05) is 4.90 Å². The van der Waals surface area contributed by atoms with E-state index in [0.717, 1.165) is 61.9 Å². The maximum absolute atomic E-state index is 7.33. The van der Waals surface area contributed by atoms with Gasteiger partial charge >= 0.3 is 0 Å². The standard InChI is InChI=1S/C67H41NOS/c1-2-19-42(20-3-1)44-21-10-15-33-61(44)68(62-34-18-30-54-48-25-7-6-24-47(48)52-28-11-16-35-63(52)69-66(54)62)43-37-38-51-46-23-5-4-22-45(46)49-26-8-13-31-57(49)67(59(51)39-43)58-32-14-9-27-50(58)55-41-65-56(40-60(55)67)53-29-12-17-36-64(53)70-65/h1-41H. The van der Waals surface area contributed by atoms with Crippen LogP contribution in [0.3, 0.4) is 0 Å². The molecule has 326 valence electrons. The predicted octanol–water partition coefficient (Wildman–Crippen LogP) is 18.6. The minimum absolute atomic E-state index is 0.698. The fourth-order valence-corrected chi connectivity index (χ4v) is 13.4. The maximum atomic E-state index is 7.33. The van der Waals surface area contributed by atoms with E-state index in [1.807, 2.05) is 11.3 Å². The Bertz CT molecular complexity index is 4130. The van der Waals surface area contributed by atoms with E-state index in [4.69, 9.17) is 4.74 Å². The fourth-order valence-electron chi connectivity index (χ4n) is 12.2. The number of nitrogens with zero attached hydrogens (tertiary/aromatic N) is 1. The molecule has 1 atom stereocenters. The Morgan fingerprint density at radius 3 is 1.60 bits per heavy atom. The molecule has 2 nitrogen and oxygen atoms in total. The number of rotatable bonds is 4. The molecule has 0 saturated carbocycles. The van der Waals surface area contributed by atoms with E-state index in [-0.39, 0.29) is 0 Å². The van der Waals surface area contributed by atoms with Gasteiger partial charge in [0.15, 0.2) is 5.75 Å². The lowest BCUT2D eigenvalue weighted by Gasteiger charge is -2.37. The van der Waals surface area contributed by atoms with Gasteiger partial charge in [0.1, 0.15) is 5.75 Å². The first-order valence-corrected chi connectivity index (χ1v) is 24.9. The summed E-state index contributed by atoms with van der Waals surface area (Å²) in [5.41, 5.74) is 21.7. The topological polar surface area (TPSA) is 12.5 Å². The van der Waals surface area contributed by atoms with E-state index in [2.05, 4.69) is 254 Å². The minimum Gasteiger partial charge on any atom is -0.454 e. The monoisotopic (exact) mass is 907 g/mol. The van der Waals surface area contributed by atoms with Crippen LogP contribution < -0.4 is 9.64 Å². The molecule has 1 spiro atoms. The molecule has 0 bridgehead atoms. The molecule has 0 saturated heterocycles. The van der Waals surface area contributed by atoms with Crippen LogP contribution in [0.5, 0.6) is 11.5 Å². The SMILES string of the molecule is c1ccc(-c2ccccc2N(c2ccc3c(c2)C2(c4ccccc4-c4ccccc4-3)c3ccccc3-c3cc4sc5ccccc5c4cc32)c2cccc3c2Oc2ccccc2-c2ccccc2-3)cc1. The number of thiophene rings is 1. The largest absolute Gasteiger partial charge is 0.454 e. The van der Waals surface area contributed by atoms with Crippen molar-refractivity contribution in [1.82, 2.24) is 0 Å². The Hall–Kier alpha value is -8.76. The highest BCUT2D eigenvalue weighted by Crippen LogP contribution is 2.63. The van der Waals surface area contributed by atoms with Gasteiger partial charge in [-0.15, -0.1) is 11.3 Å². The van der Waals surface area contributed by atoms with Crippen molar-refractivity contribution < 1.29 is 4.74 Å². The van der Waals surface area contributed by atoms with E-state index >= 15 is 0 Å². The first-order valence-electron chi connectivity index (χ1n) is 24.1. The Labute approximate surface area is 410 Å². The zero-order valence-corrected chi connectivity index (χ0v) is 38.8. The molecule has 0 radical (unpaired) electrons. The van der Waals surface area contributed by atoms with Gasteiger partial charge in [0.2, 0.25) is 0 Å². The number of anilines is 3. The lowest BCUT2D eigenvalue weighted by molar-refractivity contribution is 0.489. The van der Waals surface area contributed by atoms with Gasteiger partial charge in [-0.25, -0.2) is 0 Å². The van der Waals surface area contributed by atoms with Crippen LogP contribution in [0.1, 0.15) is 22.3 Å². The van der Waals surface area contributed by atoms with Crippen molar-refractivity contribution in [2.24, 2.45) is 0 Å². The highest BCUT2D eigenvalue weighted by molar-refractivity contribution is 7.25. The van der Waals surface area contributed by atoms with Gasteiger partial charge in [-0.2, -0.15) is 0 Å². The second-order valence-corrected chi connectivity index (χ2v) is 19.7. The average Bonchev–Trinajstić information content (AvgIpc) is 3.85. The molecule has 3 aliphatic rings. The zero-order valence-electron chi connectivity index (χ0n) is 37.9. The molecule has 11 aromatic carbocycles. The number of benzene rings is 11. The molecule has 2 aliphatic carbocycles. The van der Waals surface area contributed by atoms with Gasteiger partial charge in [0.05, 0.1) is 16.8 Å². The van der Waals surface area contributed by atoms with Gasteiger partial charge in [0.25, 0.3) is 0 Å². The summed E-state index contributed by atoms with van der Waals surface area (Å²) in [6.07, 6.45) is 0. The summed E-state index contributed by atoms with van der Waals surface area (Å²) >= 11 is 1.89. The number of ether oxygens (including phenoxy) is 1. The minimum atomic E-state index is -0.698. The summed E-state index contributed by atoms with van der Waals surface area (Å²) in [4.78, 5) is 2.46. The van der Waals surface area contributed by atoms with E-state index in [1.165, 1.54) is 75.8 Å². The second kappa shape index (κ2) is 15.1. The summed E-state index contributed by atoms with van der Waals surface area (Å²) < 4.78 is 9.94. The fraction of sp³-hybridized carbons (Fsp3) is 0.0149. The molecule has 1 unspecified atom stereocenters. The predicted molar refractivity (Wildman–Crippen MR) is 292 cm³/mol. The molecular weight excluding hydrogens is 867 g/mol. The van der Waals surface area contributed by atoms with Crippen LogP contribution in [-0.2, 0) is 5.41 Å². The second-order valence-electron chi connectivity index (χ2n) is 18.6. The van der Waals surface area contributed by atoms with E-state index in [1.54, 1.807) is 0 Å². The smallest absolute Gasteiger partial charge is 0.159 e. The Balaban J connectivity index is 1.08. The highest BCUT2D eigenvalue weighted by Gasteiger charge is 2.50. The molecular formula is C67H41NOS. The summed E-state index contributed by atoms with van der Waals surface area (Å²) in [7, 11) is 0. The van der Waals surface area contributed by atoms with Gasteiger partial charge in [0, 0.05) is 42.6 Å². The molecule has 70 heavy (non-hydrogen) atoms. The summed E-state index contributed by atoms with van der Waals surface area (Å²) in [6.45, 7) is 0. The highest BCUT2D eigenvalue weighted by atomic mass is 32.1. The lowest BCUT2D eigenvalue weighted by Crippen LogP contribution is -2.29. The third-order valence-electron chi connectivity index (χ3n) is 15.1. The number of fused-ring (bicyclic) bond motifs is 20. The van der Waals surface area contributed by atoms with Crippen LogP contribution >= 0.6 is 11.3 Å². The van der Waals surface area contributed by atoms with Crippen molar-refractivity contribution in [2.45, 2.75) is 5.41 Å². The van der Waals surface area contributed by atoms with Crippen LogP contribution in [0.25, 0.3) is 86.9 Å². The molecule has 2 heterocycles. The quantitative estimate of drug-likeness (QED) is 0.174.